The first-order valence-electron chi connectivity index (χ1n) is 8.67. The Kier molecular flexibility index (Phi) is 8.33. The fourth-order valence-electron chi connectivity index (χ4n) is 3.11. The Morgan fingerprint density at radius 3 is 2.62 bits per heavy atom. The summed E-state index contributed by atoms with van der Waals surface area (Å²) in [5, 5.41) is 7.69. The molecule has 1 atom stereocenters. The molecule has 0 aliphatic carbocycles. The van der Waals surface area contributed by atoms with Gasteiger partial charge in [-0.25, -0.2) is 0 Å². The van der Waals surface area contributed by atoms with Crippen molar-refractivity contribution in [1.29, 1.82) is 0 Å². The zero-order chi connectivity index (χ0) is 14.8. The van der Waals surface area contributed by atoms with Crippen molar-refractivity contribution in [2.45, 2.75) is 50.2 Å². The quantitative estimate of drug-likeness (QED) is 0.448. The van der Waals surface area contributed by atoms with E-state index >= 15 is 0 Å². The Balaban J connectivity index is 1.53. The summed E-state index contributed by atoms with van der Waals surface area (Å²) in [6, 6.07) is 0. The van der Waals surface area contributed by atoms with Crippen molar-refractivity contribution in [3.63, 3.8) is 0 Å². The minimum Gasteiger partial charge on any atom is -0.356 e. The second-order valence-corrected chi connectivity index (χ2v) is 7.53. The lowest BCUT2D eigenvalue weighted by molar-refractivity contribution is 0.282. The molecule has 0 aromatic carbocycles. The first-order chi connectivity index (χ1) is 10.4. The van der Waals surface area contributed by atoms with Gasteiger partial charge in [0.25, 0.3) is 0 Å². The summed E-state index contributed by atoms with van der Waals surface area (Å²) in [6.45, 7) is 5.89. The largest absolute Gasteiger partial charge is 0.356 e. The van der Waals surface area contributed by atoms with E-state index in [1.165, 1.54) is 70.3 Å². The van der Waals surface area contributed by atoms with Crippen molar-refractivity contribution in [2.75, 3.05) is 45.5 Å². The van der Waals surface area contributed by atoms with Crippen molar-refractivity contribution in [2.24, 2.45) is 4.99 Å². The number of hydrogen-bond donors (Lipinski definition) is 2. The Hall–Kier alpha value is -0.420. The van der Waals surface area contributed by atoms with Crippen LogP contribution in [0.5, 0.6) is 0 Å². The standard InChI is InChI=1S/C16H32N4S/c1-17-16(19-14-15-8-6-13-21-15)18-9-7-12-20-10-4-2-3-5-11-20/h15H,2-14H2,1H3,(H2,17,18,19). The minimum atomic E-state index is 0.778. The van der Waals surface area contributed by atoms with Gasteiger partial charge in [0.05, 0.1) is 0 Å². The van der Waals surface area contributed by atoms with Crippen molar-refractivity contribution in [3.8, 4) is 0 Å². The summed E-state index contributed by atoms with van der Waals surface area (Å²) in [5.74, 6) is 2.30. The van der Waals surface area contributed by atoms with E-state index in [0.717, 1.165) is 24.3 Å². The first kappa shape index (κ1) is 16.9. The molecule has 21 heavy (non-hydrogen) atoms. The Morgan fingerprint density at radius 1 is 1.14 bits per heavy atom. The van der Waals surface area contributed by atoms with Gasteiger partial charge in [-0.1, -0.05) is 12.8 Å². The van der Waals surface area contributed by atoms with Crippen LogP contribution in [0, 0.1) is 0 Å². The van der Waals surface area contributed by atoms with Gasteiger partial charge >= 0.3 is 0 Å². The molecule has 2 aliphatic heterocycles. The van der Waals surface area contributed by atoms with E-state index in [0.29, 0.717) is 0 Å². The number of likely N-dealkylation sites (tertiary alicyclic amines) is 1. The molecule has 2 rings (SSSR count). The van der Waals surface area contributed by atoms with E-state index in [-0.39, 0.29) is 0 Å². The number of guanidine groups is 1. The van der Waals surface area contributed by atoms with Crippen LogP contribution in [-0.4, -0.2) is 61.6 Å². The molecule has 2 N–H and O–H groups in total. The molecule has 2 heterocycles. The molecule has 1 unspecified atom stereocenters. The fraction of sp³-hybridized carbons (Fsp3) is 0.938. The molecule has 5 heteroatoms. The zero-order valence-corrected chi connectivity index (χ0v) is 14.4. The summed E-state index contributed by atoms with van der Waals surface area (Å²) in [6.07, 6.45) is 9.54. The molecule has 2 saturated heterocycles. The van der Waals surface area contributed by atoms with E-state index in [2.05, 4.69) is 32.3 Å². The molecule has 0 aromatic rings. The van der Waals surface area contributed by atoms with Gasteiger partial charge in [0.15, 0.2) is 5.96 Å². The molecule has 0 aromatic heterocycles. The highest BCUT2D eigenvalue weighted by atomic mass is 32.2. The van der Waals surface area contributed by atoms with E-state index in [1.54, 1.807) is 0 Å². The van der Waals surface area contributed by atoms with Gasteiger partial charge in [-0.05, 0) is 57.5 Å². The van der Waals surface area contributed by atoms with Gasteiger partial charge in [0.1, 0.15) is 0 Å². The van der Waals surface area contributed by atoms with E-state index < -0.39 is 0 Å². The molecule has 0 radical (unpaired) electrons. The lowest BCUT2D eigenvalue weighted by atomic mass is 10.2. The molecular formula is C16H32N4S. The Bertz CT molecular complexity index is 295. The van der Waals surface area contributed by atoms with Gasteiger partial charge < -0.3 is 15.5 Å². The van der Waals surface area contributed by atoms with Crippen molar-refractivity contribution >= 4 is 17.7 Å². The third-order valence-corrected chi connectivity index (χ3v) is 5.79. The Morgan fingerprint density at radius 2 is 1.95 bits per heavy atom. The van der Waals surface area contributed by atoms with Gasteiger partial charge in [0.2, 0.25) is 0 Å². The van der Waals surface area contributed by atoms with Crippen LogP contribution >= 0.6 is 11.8 Å². The monoisotopic (exact) mass is 312 g/mol. The summed E-state index contributed by atoms with van der Waals surface area (Å²) < 4.78 is 0. The van der Waals surface area contributed by atoms with Crippen molar-refractivity contribution in [3.05, 3.63) is 0 Å². The van der Waals surface area contributed by atoms with Gasteiger partial charge in [-0.3, -0.25) is 4.99 Å². The van der Waals surface area contributed by atoms with Crippen LogP contribution in [0.3, 0.4) is 0 Å². The fourth-order valence-corrected chi connectivity index (χ4v) is 4.31. The number of rotatable bonds is 6. The summed E-state index contributed by atoms with van der Waals surface area (Å²) in [4.78, 5) is 6.94. The normalized spacial score (nSPS) is 24.8. The number of nitrogens with zero attached hydrogens (tertiary/aromatic N) is 2. The van der Waals surface area contributed by atoms with Crippen LogP contribution < -0.4 is 10.6 Å². The second kappa shape index (κ2) is 10.3. The van der Waals surface area contributed by atoms with E-state index in [1.807, 2.05) is 7.05 Å². The lowest BCUT2D eigenvalue weighted by Gasteiger charge is -2.20. The van der Waals surface area contributed by atoms with Crippen molar-refractivity contribution < 1.29 is 0 Å². The van der Waals surface area contributed by atoms with Crippen LogP contribution in [0.1, 0.15) is 44.9 Å². The molecule has 2 aliphatic rings. The maximum absolute atomic E-state index is 4.32. The van der Waals surface area contributed by atoms with Crippen molar-refractivity contribution in [1.82, 2.24) is 15.5 Å². The maximum atomic E-state index is 4.32. The number of hydrogen-bond acceptors (Lipinski definition) is 3. The molecule has 2 fully saturated rings. The predicted molar refractivity (Wildman–Crippen MR) is 94.4 cm³/mol. The lowest BCUT2D eigenvalue weighted by Crippen LogP contribution is -2.41. The highest BCUT2D eigenvalue weighted by Crippen LogP contribution is 2.25. The van der Waals surface area contributed by atoms with E-state index in [9.17, 15) is 0 Å². The first-order valence-corrected chi connectivity index (χ1v) is 9.72. The van der Waals surface area contributed by atoms with Gasteiger partial charge in [-0.2, -0.15) is 11.8 Å². The van der Waals surface area contributed by atoms with Gasteiger partial charge in [0, 0.05) is 25.4 Å². The second-order valence-electron chi connectivity index (χ2n) is 6.12. The summed E-state index contributed by atoms with van der Waals surface area (Å²) in [5.41, 5.74) is 0. The molecule has 0 spiro atoms. The summed E-state index contributed by atoms with van der Waals surface area (Å²) in [7, 11) is 1.87. The predicted octanol–water partition coefficient (Wildman–Crippen LogP) is 2.31. The molecule has 122 valence electrons. The smallest absolute Gasteiger partial charge is 0.191 e. The highest BCUT2D eigenvalue weighted by molar-refractivity contribution is 8.00. The van der Waals surface area contributed by atoms with Crippen LogP contribution in [-0.2, 0) is 0 Å². The summed E-state index contributed by atoms with van der Waals surface area (Å²) >= 11 is 2.09. The van der Waals surface area contributed by atoms with Crippen LogP contribution in [0.2, 0.25) is 0 Å². The third-order valence-electron chi connectivity index (χ3n) is 4.39. The molecule has 0 bridgehead atoms. The third kappa shape index (κ3) is 6.92. The van der Waals surface area contributed by atoms with Crippen LogP contribution in [0.25, 0.3) is 0 Å². The highest BCUT2D eigenvalue weighted by Gasteiger charge is 2.15. The topological polar surface area (TPSA) is 39.7 Å². The minimum absolute atomic E-state index is 0.778. The Labute approximate surface area is 134 Å². The maximum Gasteiger partial charge on any atom is 0.191 e. The SMILES string of the molecule is CN=C(NCCCN1CCCCCC1)NCC1CCCS1. The molecular weight excluding hydrogens is 280 g/mol. The van der Waals surface area contributed by atoms with E-state index in [4.69, 9.17) is 0 Å². The van der Waals surface area contributed by atoms with Crippen LogP contribution in [0.4, 0.5) is 0 Å². The molecule has 4 nitrogen and oxygen atoms in total. The average molecular weight is 313 g/mol. The van der Waals surface area contributed by atoms with Crippen LogP contribution in [0.15, 0.2) is 4.99 Å². The average Bonchev–Trinajstić information content (AvgIpc) is 2.89. The van der Waals surface area contributed by atoms with Gasteiger partial charge in [-0.15, -0.1) is 0 Å². The number of thioether (sulfide) groups is 1. The number of aliphatic imine (C=N–C) groups is 1. The zero-order valence-electron chi connectivity index (χ0n) is 13.6. The molecule has 0 saturated carbocycles. The number of nitrogens with one attached hydrogen (secondary N) is 2. The molecule has 0 amide bonds.